The van der Waals surface area contributed by atoms with Crippen molar-refractivity contribution in [2.75, 3.05) is 12.3 Å². The largest absolute Gasteiger partial charge is 0.308 e. The molecule has 1 aliphatic rings. The van der Waals surface area contributed by atoms with Gasteiger partial charge in [-0.25, -0.2) is 13.6 Å². The molecule has 1 heterocycles. The van der Waals surface area contributed by atoms with E-state index in [4.69, 9.17) is 5.14 Å². The molecular formula is C10H16N2O2S2. The van der Waals surface area contributed by atoms with E-state index in [2.05, 4.69) is 11.4 Å². The monoisotopic (exact) mass is 260 g/mol. The van der Waals surface area contributed by atoms with E-state index in [1.807, 2.05) is 11.4 Å². The predicted molar refractivity (Wildman–Crippen MR) is 65.8 cm³/mol. The highest BCUT2D eigenvalue weighted by Crippen LogP contribution is 2.42. The molecule has 0 bridgehead atoms. The van der Waals surface area contributed by atoms with E-state index in [0.29, 0.717) is 18.5 Å². The Morgan fingerprint density at radius 1 is 1.56 bits per heavy atom. The second kappa shape index (κ2) is 4.83. The number of hydrogen-bond donors (Lipinski definition) is 2. The summed E-state index contributed by atoms with van der Waals surface area (Å²) in [5.41, 5.74) is 0. The average Bonchev–Trinajstić information content (AvgIpc) is 2.87. The Labute approximate surface area is 99.9 Å². The first-order chi connectivity index (χ1) is 7.56. The van der Waals surface area contributed by atoms with Crippen molar-refractivity contribution < 1.29 is 8.42 Å². The fraction of sp³-hybridized carbons (Fsp3) is 0.600. The number of nitrogens with one attached hydrogen (secondary N) is 1. The zero-order valence-corrected chi connectivity index (χ0v) is 10.6. The number of nitrogens with two attached hydrogens (primary N) is 1. The van der Waals surface area contributed by atoms with Gasteiger partial charge in [0.1, 0.15) is 0 Å². The van der Waals surface area contributed by atoms with Gasteiger partial charge in [-0.05, 0) is 30.2 Å². The summed E-state index contributed by atoms with van der Waals surface area (Å²) in [6.45, 7) is 0.428. The molecule has 0 aromatic carbocycles. The minimum Gasteiger partial charge on any atom is -0.308 e. The van der Waals surface area contributed by atoms with Crippen LogP contribution in [0.2, 0.25) is 0 Å². The molecule has 1 atom stereocenters. The van der Waals surface area contributed by atoms with Crippen LogP contribution in [0.1, 0.15) is 23.8 Å². The second-order valence-electron chi connectivity index (χ2n) is 4.15. The maximum Gasteiger partial charge on any atom is 0.210 e. The van der Waals surface area contributed by atoms with Gasteiger partial charge < -0.3 is 5.32 Å². The molecular weight excluding hydrogens is 244 g/mol. The lowest BCUT2D eigenvalue weighted by atomic mass is 10.1. The van der Waals surface area contributed by atoms with Crippen molar-refractivity contribution in [2.24, 2.45) is 11.1 Å². The van der Waals surface area contributed by atoms with Crippen LogP contribution >= 0.6 is 11.3 Å². The van der Waals surface area contributed by atoms with E-state index in [1.54, 1.807) is 11.3 Å². The lowest BCUT2D eigenvalue weighted by Gasteiger charge is -2.16. The number of thiophene rings is 1. The van der Waals surface area contributed by atoms with Crippen molar-refractivity contribution in [1.82, 2.24) is 5.32 Å². The van der Waals surface area contributed by atoms with Crippen molar-refractivity contribution in [2.45, 2.75) is 18.9 Å². The van der Waals surface area contributed by atoms with E-state index in [1.165, 1.54) is 17.7 Å². The molecule has 3 N–H and O–H groups in total. The molecule has 1 fully saturated rings. The predicted octanol–water partition coefficient (Wildman–Crippen LogP) is 1.08. The smallest absolute Gasteiger partial charge is 0.210 e. The number of primary sulfonamides is 1. The fourth-order valence-corrected chi connectivity index (χ4v) is 3.05. The van der Waals surface area contributed by atoms with Gasteiger partial charge in [0.05, 0.1) is 5.75 Å². The maximum atomic E-state index is 10.8. The molecule has 0 saturated heterocycles. The number of sulfonamides is 1. The molecule has 0 amide bonds. The molecule has 0 aliphatic heterocycles. The van der Waals surface area contributed by atoms with Gasteiger partial charge >= 0.3 is 0 Å². The number of hydrogen-bond acceptors (Lipinski definition) is 4. The van der Waals surface area contributed by atoms with E-state index < -0.39 is 10.0 Å². The lowest BCUT2D eigenvalue weighted by molar-refractivity contribution is 0.501. The normalized spacial score (nSPS) is 18.6. The summed E-state index contributed by atoms with van der Waals surface area (Å²) in [4.78, 5) is 1.29. The van der Waals surface area contributed by atoms with Crippen LogP contribution in [0, 0.1) is 5.92 Å². The number of rotatable bonds is 6. The van der Waals surface area contributed by atoms with Crippen molar-refractivity contribution in [3.8, 4) is 0 Å². The van der Waals surface area contributed by atoms with Gasteiger partial charge in [0, 0.05) is 17.5 Å². The molecule has 1 aliphatic carbocycles. The Morgan fingerprint density at radius 3 is 2.81 bits per heavy atom. The average molecular weight is 260 g/mol. The summed E-state index contributed by atoms with van der Waals surface area (Å²) in [5.74, 6) is 0.667. The first-order valence-corrected chi connectivity index (χ1v) is 7.93. The first kappa shape index (κ1) is 12.0. The Kier molecular flexibility index (Phi) is 3.63. The quantitative estimate of drug-likeness (QED) is 0.804. The Hall–Kier alpha value is -0.430. The summed E-state index contributed by atoms with van der Waals surface area (Å²) < 4.78 is 21.7. The minimum absolute atomic E-state index is 0.00158. The van der Waals surface area contributed by atoms with E-state index >= 15 is 0 Å². The van der Waals surface area contributed by atoms with Crippen molar-refractivity contribution in [3.05, 3.63) is 22.4 Å². The van der Waals surface area contributed by atoms with Crippen LogP contribution in [-0.2, 0) is 10.0 Å². The summed E-state index contributed by atoms with van der Waals surface area (Å²) in [6, 6.07) is 4.43. The van der Waals surface area contributed by atoms with Crippen LogP contribution in [0.5, 0.6) is 0 Å². The van der Waals surface area contributed by atoms with Crippen LogP contribution in [0.4, 0.5) is 0 Å². The molecule has 0 radical (unpaired) electrons. The highest BCUT2D eigenvalue weighted by molar-refractivity contribution is 7.89. The molecule has 6 heteroatoms. The van der Waals surface area contributed by atoms with Gasteiger partial charge in [0.25, 0.3) is 0 Å². The van der Waals surface area contributed by atoms with Crippen LogP contribution in [0.3, 0.4) is 0 Å². The molecule has 1 unspecified atom stereocenters. The molecule has 2 rings (SSSR count). The van der Waals surface area contributed by atoms with Crippen molar-refractivity contribution in [3.63, 3.8) is 0 Å². The Bertz CT molecular complexity index is 424. The summed E-state index contributed by atoms with van der Waals surface area (Å²) in [6.07, 6.45) is 2.45. The Balaban J connectivity index is 1.89. The topological polar surface area (TPSA) is 72.2 Å². The van der Waals surface area contributed by atoms with E-state index in [0.717, 1.165) is 0 Å². The van der Waals surface area contributed by atoms with Gasteiger partial charge in [-0.15, -0.1) is 11.3 Å². The zero-order chi connectivity index (χ0) is 11.6. The third kappa shape index (κ3) is 3.55. The van der Waals surface area contributed by atoms with E-state index in [-0.39, 0.29) is 5.75 Å². The van der Waals surface area contributed by atoms with Crippen LogP contribution in [-0.4, -0.2) is 20.7 Å². The SMILES string of the molecule is NS(=O)(=O)CCNC(c1cccs1)C1CC1. The maximum absolute atomic E-state index is 10.8. The Morgan fingerprint density at radius 2 is 2.31 bits per heavy atom. The summed E-state index contributed by atoms with van der Waals surface area (Å²) in [7, 11) is -3.35. The summed E-state index contributed by atoms with van der Waals surface area (Å²) >= 11 is 1.71. The highest BCUT2D eigenvalue weighted by atomic mass is 32.2. The summed E-state index contributed by atoms with van der Waals surface area (Å²) in [5, 5.41) is 10.3. The fourth-order valence-electron chi connectivity index (χ4n) is 1.75. The van der Waals surface area contributed by atoms with Gasteiger partial charge in [-0.2, -0.15) is 0 Å². The lowest BCUT2D eigenvalue weighted by Crippen LogP contribution is -2.30. The third-order valence-electron chi connectivity index (χ3n) is 2.69. The molecule has 4 nitrogen and oxygen atoms in total. The van der Waals surface area contributed by atoms with Crippen LogP contribution in [0.15, 0.2) is 17.5 Å². The molecule has 0 spiro atoms. The van der Waals surface area contributed by atoms with Gasteiger partial charge in [-0.1, -0.05) is 6.07 Å². The van der Waals surface area contributed by atoms with Crippen molar-refractivity contribution >= 4 is 21.4 Å². The minimum atomic E-state index is -3.35. The van der Waals surface area contributed by atoms with Crippen LogP contribution < -0.4 is 10.5 Å². The third-order valence-corrected chi connectivity index (χ3v) is 4.42. The standard InChI is InChI=1S/C10H16N2O2S2/c11-16(13,14)7-5-12-10(8-3-4-8)9-2-1-6-15-9/h1-2,6,8,10,12H,3-5,7H2,(H2,11,13,14). The molecule has 1 saturated carbocycles. The van der Waals surface area contributed by atoms with Crippen LogP contribution in [0.25, 0.3) is 0 Å². The highest BCUT2D eigenvalue weighted by Gasteiger charge is 2.32. The molecule has 16 heavy (non-hydrogen) atoms. The molecule has 90 valence electrons. The van der Waals surface area contributed by atoms with Crippen molar-refractivity contribution in [1.29, 1.82) is 0 Å². The molecule has 1 aromatic rings. The van der Waals surface area contributed by atoms with Gasteiger partial charge in [0.2, 0.25) is 10.0 Å². The molecule has 1 aromatic heterocycles. The van der Waals surface area contributed by atoms with Gasteiger partial charge in [0.15, 0.2) is 0 Å². The van der Waals surface area contributed by atoms with E-state index in [9.17, 15) is 8.42 Å². The first-order valence-electron chi connectivity index (χ1n) is 5.33. The van der Waals surface area contributed by atoms with Gasteiger partial charge in [-0.3, -0.25) is 0 Å². The second-order valence-corrected chi connectivity index (χ2v) is 6.86. The zero-order valence-electron chi connectivity index (χ0n) is 8.93.